The zero-order valence-corrected chi connectivity index (χ0v) is 15.9. The van der Waals surface area contributed by atoms with Gasteiger partial charge in [-0.1, -0.05) is 5.16 Å². The molecule has 2 aromatic rings. The number of ether oxygens (including phenoxy) is 1. The number of piperazine rings is 1. The number of anilines is 2. The number of carbonyl (C=O) groups excluding carboxylic acids is 3. The molecule has 2 N–H and O–H groups in total. The van der Waals surface area contributed by atoms with E-state index in [0.717, 1.165) is 0 Å². The SMILES string of the molecule is Cc1cc(NC(=O)CN2CCN(C(=O)c3ccc4c(c3)OCC(=O)N4)CC2)no1. The Hall–Kier alpha value is -3.40. The summed E-state index contributed by atoms with van der Waals surface area (Å²) >= 11 is 0. The third kappa shape index (κ3) is 4.37. The summed E-state index contributed by atoms with van der Waals surface area (Å²) in [6.45, 7) is 4.14. The first kappa shape index (κ1) is 18.9. The van der Waals surface area contributed by atoms with Gasteiger partial charge in [-0.2, -0.15) is 0 Å². The van der Waals surface area contributed by atoms with E-state index in [1.54, 1.807) is 36.1 Å². The Bertz CT molecular complexity index is 948. The number of carbonyl (C=O) groups is 3. The summed E-state index contributed by atoms with van der Waals surface area (Å²) in [5.41, 5.74) is 1.07. The maximum Gasteiger partial charge on any atom is 0.262 e. The molecule has 0 saturated carbocycles. The summed E-state index contributed by atoms with van der Waals surface area (Å²) in [5, 5.41) is 9.14. The van der Waals surface area contributed by atoms with Gasteiger partial charge in [0.15, 0.2) is 12.4 Å². The summed E-state index contributed by atoms with van der Waals surface area (Å²) in [4.78, 5) is 40.0. The van der Waals surface area contributed by atoms with Gasteiger partial charge in [0, 0.05) is 37.8 Å². The van der Waals surface area contributed by atoms with Crippen molar-refractivity contribution >= 4 is 29.2 Å². The molecule has 3 amide bonds. The first-order chi connectivity index (χ1) is 14.0. The fourth-order valence-corrected chi connectivity index (χ4v) is 3.31. The number of benzene rings is 1. The Morgan fingerprint density at radius 3 is 2.72 bits per heavy atom. The van der Waals surface area contributed by atoms with Gasteiger partial charge in [-0.15, -0.1) is 0 Å². The molecular formula is C19H21N5O5. The molecule has 1 saturated heterocycles. The van der Waals surface area contributed by atoms with E-state index in [-0.39, 0.29) is 30.9 Å². The van der Waals surface area contributed by atoms with Crippen LogP contribution in [0.25, 0.3) is 0 Å². The molecule has 1 aromatic heterocycles. The van der Waals surface area contributed by atoms with E-state index in [1.807, 2.05) is 4.90 Å². The minimum Gasteiger partial charge on any atom is -0.482 e. The van der Waals surface area contributed by atoms with Crippen LogP contribution in [0.4, 0.5) is 11.5 Å². The largest absolute Gasteiger partial charge is 0.482 e. The zero-order valence-electron chi connectivity index (χ0n) is 15.9. The zero-order chi connectivity index (χ0) is 20.4. The molecule has 0 aliphatic carbocycles. The fourth-order valence-electron chi connectivity index (χ4n) is 3.31. The number of nitrogens with one attached hydrogen (secondary N) is 2. The Morgan fingerprint density at radius 2 is 2.00 bits per heavy atom. The summed E-state index contributed by atoms with van der Waals surface area (Å²) in [5.74, 6) is 1.03. The third-order valence-corrected chi connectivity index (χ3v) is 4.78. The van der Waals surface area contributed by atoms with Crippen molar-refractivity contribution in [2.24, 2.45) is 0 Å². The lowest BCUT2D eigenvalue weighted by molar-refractivity contribution is -0.119. The molecule has 29 heavy (non-hydrogen) atoms. The van der Waals surface area contributed by atoms with Gasteiger partial charge in [0.25, 0.3) is 11.8 Å². The lowest BCUT2D eigenvalue weighted by Gasteiger charge is -2.34. The van der Waals surface area contributed by atoms with E-state index >= 15 is 0 Å². The lowest BCUT2D eigenvalue weighted by atomic mass is 10.1. The Balaban J connectivity index is 1.29. The summed E-state index contributed by atoms with van der Waals surface area (Å²) in [6, 6.07) is 6.65. The highest BCUT2D eigenvalue weighted by molar-refractivity contribution is 5.99. The average molecular weight is 399 g/mol. The van der Waals surface area contributed by atoms with Gasteiger partial charge in [0.05, 0.1) is 12.2 Å². The molecule has 0 atom stereocenters. The second-order valence-corrected chi connectivity index (χ2v) is 6.99. The van der Waals surface area contributed by atoms with Gasteiger partial charge in [-0.3, -0.25) is 19.3 Å². The van der Waals surface area contributed by atoms with E-state index in [0.29, 0.717) is 54.8 Å². The first-order valence-electron chi connectivity index (χ1n) is 9.29. The van der Waals surface area contributed by atoms with Gasteiger partial charge in [0.2, 0.25) is 5.91 Å². The molecular weight excluding hydrogens is 378 g/mol. The number of hydrogen-bond donors (Lipinski definition) is 2. The van der Waals surface area contributed by atoms with Gasteiger partial charge >= 0.3 is 0 Å². The molecule has 10 heteroatoms. The average Bonchev–Trinajstić information content (AvgIpc) is 3.12. The molecule has 1 fully saturated rings. The van der Waals surface area contributed by atoms with Crippen LogP contribution in [0.5, 0.6) is 5.75 Å². The summed E-state index contributed by atoms with van der Waals surface area (Å²) < 4.78 is 10.3. The number of nitrogens with zero attached hydrogens (tertiary/aromatic N) is 3. The van der Waals surface area contributed by atoms with Crippen molar-refractivity contribution < 1.29 is 23.6 Å². The van der Waals surface area contributed by atoms with Crippen LogP contribution in [0.1, 0.15) is 16.1 Å². The van der Waals surface area contributed by atoms with E-state index in [9.17, 15) is 14.4 Å². The van der Waals surface area contributed by atoms with Crippen molar-refractivity contribution in [2.75, 3.05) is 50.0 Å². The Labute approximate surface area is 166 Å². The first-order valence-corrected chi connectivity index (χ1v) is 9.29. The Kier molecular flexibility index (Phi) is 5.17. The standard InChI is InChI=1S/C19H21N5O5/c1-12-8-16(22-29-12)21-17(25)10-23-4-6-24(7-5-23)19(27)13-2-3-14-15(9-13)28-11-18(26)20-14/h2-3,8-9H,4-7,10-11H2,1H3,(H,20,26)(H,21,22,25). The van der Waals surface area contributed by atoms with Crippen LogP contribution in [0, 0.1) is 6.92 Å². The molecule has 152 valence electrons. The summed E-state index contributed by atoms with van der Waals surface area (Å²) in [6.07, 6.45) is 0. The van der Waals surface area contributed by atoms with Crippen LogP contribution in [-0.2, 0) is 9.59 Å². The van der Waals surface area contributed by atoms with E-state index < -0.39 is 0 Å². The van der Waals surface area contributed by atoms with Gasteiger partial charge < -0.3 is 24.8 Å². The normalized spacial score (nSPS) is 16.6. The van der Waals surface area contributed by atoms with Crippen LogP contribution >= 0.6 is 0 Å². The predicted molar refractivity (Wildman–Crippen MR) is 103 cm³/mol. The second kappa shape index (κ2) is 7.92. The molecule has 1 aromatic carbocycles. The van der Waals surface area contributed by atoms with Crippen LogP contribution in [0.15, 0.2) is 28.8 Å². The van der Waals surface area contributed by atoms with Gasteiger partial charge in [-0.05, 0) is 25.1 Å². The molecule has 0 radical (unpaired) electrons. The molecule has 10 nitrogen and oxygen atoms in total. The fraction of sp³-hybridized carbons (Fsp3) is 0.368. The van der Waals surface area contributed by atoms with Crippen LogP contribution in [-0.4, -0.2) is 72.0 Å². The minimum atomic E-state index is -0.213. The van der Waals surface area contributed by atoms with Crippen molar-refractivity contribution in [1.29, 1.82) is 0 Å². The van der Waals surface area contributed by atoms with Crippen molar-refractivity contribution in [1.82, 2.24) is 15.0 Å². The lowest BCUT2D eigenvalue weighted by Crippen LogP contribution is -2.50. The highest BCUT2D eigenvalue weighted by atomic mass is 16.5. The van der Waals surface area contributed by atoms with Crippen molar-refractivity contribution in [2.45, 2.75) is 6.92 Å². The maximum atomic E-state index is 12.8. The molecule has 0 spiro atoms. The molecule has 2 aliphatic heterocycles. The minimum absolute atomic E-state index is 0.0563. The number of amides is 3. The molecule has 4 rings (SSSR count). The van der Waals surface area contributed by atoms with Crippen molar-refractivity contribution in [3.8, 4) is 5.75 Å². The van der Waals surface area contributed by atoms with E-state index in [2.05, 4.69) is 15.8 Å². The molecule has 2 aliphatic rings. The van der Waals surface area contributed by atoms with Crippen molar-refractivity contribution in [3.63, 3.8) is 0 Å². The second-order valence-electron chi connectivity index (χ2n) is 6.99. The predicted octanol–water partition coefficient (Wildman–Crippen LogP) is 0.710. The summed E-state index contributed by atoms with van der Waals surface area (Å²) in [7, 11) is 0. The molecule has 3 heterocycles. The van der Waals surface area contributed by atoms with Gasteiger partial charge in [-0.25, -0.2) is 0 Å². The molecule has 0 bridgehead atoms. The number of hydrogen-bond acceptors (Lipinski definition) is 7. The smallest absolute Gasteiger partial charge is 0.262 e. The van der Waals surface area contributed by atoms with E-state index in [1.165, 1.54) is 0 Å². The Morgan fingerprint density at radius 1 is 1.21 bits per heavy atom. The van der Waals surface area contributed by atoms with Crippen molar-refractivity contribution in [3.05, 3.63) is 35.6 Å². The number of rotatable bonds is 4. The van der Waals surface area contributed by atoms with E-state index in [4.69, 9.17) is 9.26 Å². The highest BCUT2D eigenvalue weighted by Crippen LogP contribution is 2.29. The number of fused-ring (bicyclic) bond motifs is 1. The van der Waals surface area contributed by atoms with Crippen LogP contribution < -0.4 is 15.4 Å². The highest BCUT2D eigenvalue weighted by Gasteiger charge is 2.25. The maximum absolute atomic E-state index is 12.8. The van der Waals surface area contributed by atoms with Crippen LogP contribution in [0.3, 0.4) is 0 Å². The monoisotopic (exact) mass is 399 g/mol. The van der Waals surface area contributed by atoms with Crippen LogP contribution in [0.2, 0.25) is 0 Å². The molecule has 0 unspecified atom stereocenters. The van der Waals surface area contributed by atoms with Gasteiger partial charge in [0.1, 0.15) is 11.5 Å². The topological polar surface area (TPSA) is 117 Å². The number of aromatic nitrogens is 1. The number of aryl methyl sites for hydroxylation is 1. The third-order valence-electron chi connectivity index (χ3n) is 4.78. The quantitative estimate of drug-likeness (QED) is 0.778.